The first-order chi connectivity index (χ1) is 6.89. The first kappa shape index (κ1) is 11.7. The van der Waals surface area contributed by atoms with Crippen LogP contribution in [0.15, 0.2) is 23.1 Å². The highest BCUT2D eigenvalue weighted by molar-refractivity contribution is 8.06. The summed E-state index contributed by atoms with van der Waals surface area (Å²) >= 11 is 0. The maximum absolute atomic E-state index is 11.6. The summed E-state index contributed by atoms with van der Waals surface area (Å²) in [6.45, 7) is 2.77. The molecule has 0 aliphatic carbocycles. The third-order valence-corrected chi connectivity index (χ3v) is 3.64. The van der Waals surface area contributed by atoms with Gasteiger partial charge in [-0.15, -0.1) is 0 Å². The van der Waals surface area contributed by atoms with Crippen molar-refractivity contribution in [2.45, 2.75) is 18.7 Å². The van der Waals surface area contributed by atoms with E-state index in [0.717, 1.165) is 12.5 Å². The third kappa shape index (κ3) is 2.18. The van der Waals surface area contributed by atoms with Crippen molar-refractivity contribution in [3.05, 3.63) is 23.8 Å². The molecule has 0 unspecified atom stereocenters. The topological polar surface area (TPSA) is 60.4 Å². The van der Waals surface area contributed by atoms with Gasteiger partial charge in [0.05, 0.1) is 7.11 Å². The second kappa shape index (κ2) is 4.02. The van der Waals surface area contributed by atoms with Crippen molar-refractivity contribution < 1.29 is 17.9 Å². The van der Waals surface area contributed by atoms with Crippen molar-refractivity contribution in [3.63, 3.8) is 0 Å². The molecule has 15 heavy (non-hydrogen) atoms. The van der Waals surface area contributed by atoms with Crippen LogP contribution < -0.4 is 4.74 Å². The Morgan fingerprint density at radius 1 is 1.33 bits per heavy atom. The smallest absolute Gasteiger partial charge is 0.248 e. The Bertz CT molecular complexity index is 488. The molecular weight excluding hydrogens is 216 g/mol. The van der Waals surface area contributed by atoms with Gasteiger partial charge in [0.1, 0.15) is 10.6 Å². The monoisotopic (exact) mass is 228 g/mol. The van der Waals surface area contributed by atoms with Crippen molar-refractivity contribution >= 4 is 15.0 Å². The van der Waals surface area contributed by atoms with Gasteiger partial charge in [0.15, 0.2) is 0 Å². The number of carbonyl (C=O) groups is 1. The molecule has 0 amide bonds. The average molecular weight is 228 g/mol. The van der Waals surface area contributed by atoms with E-state index in [0.29, 0.717) is 0 Å². The summed E-state index contributed by atoms with van der Waals surface area (Å²) in [5.41, 5.74) is 0.760. The highest BCUT2D eigenvalue weighted by Crippen LogP contribution is 2.25. The lowest BCUT2D eigenvalue weighted by Crippen LogP contribution is -2.12. The summed E-state index contributed by atoms with van der Waals surface area (Å²) in [5.74, 6) is 0.191. The average Bonchev–Trinajstić information content (AvgIpc) is 2.17. The van der Waals surface area contributed by atoms with Crippen LogP contribution in [0.3, 0.4) is 0 Å². The molecule has 0 aliphatic rings. The fourth-order valence-corrected chi connectivity index (χ4v) is 2.22. The summed E-state index contributed by atoms with van der Waals surface area (Å²) < 4.78 is 28.2. The maximum Gasteiger partial charge on any atom is 0.248 e. The third-order valence-electron chi connectivity index (χ3n) is 1.99. The Labute approximate surface area is 88.8 Å². The lowest BCUT2D eigenvalue weighted by Gasteiger charge is -2.07. The number of benzene rings is 1. The van der Waals surface area contributed by atoms with Crippen molar-refractivity contribution in [2.24, 2.45) is 0 Å². The van der Waals surface area contributed by atoms with Crippen LogP contribution in [0.4, 0.5) is 0 Å². The number of ether oxygens (including phenoxy) is 1. The second-order valence-corrected chi connectivity index (χ2v) is 5.17. The van der Waals surface area contributed by atoms with Gasteiger partial charge in [-0.1, -0.05) is 6.07 Å². The van der Waals surface area contributed by atoms with Gasteiger partial charge in [-0.25, -0.2) is 8.42 Å². The van der Waals surface area contributed by atoms with Crippen molar-refractivity contribution in [1.29, 1.82) is 0 Å². The molecule has 0 aromatic heterocycles. The molecule has 1 aromatic rings. The van der Waals surface area contributed by atoms with Crippen LogP contribution >= 0.6 is 0 Å². The van der Waals surface area contributed by atoms with Crippen LogP contribution in [0.1, 0.15) is 12.5 Å². The van der Waals surface area contributed by atoms with Crippen molar-refractivity contribution in [2.75, 3.05) is 7.11 Å². The molecule has 0 spiro atoms. The maximum atomic E-state index is 11.6. The normalized spacial score (nSPS) is 11.1. The van der Waals surface area contributed by atoms with Gasteiger partial charge < -0.3 is 4.74 Å². The summed E-state index contributed by atoms with van der Waals surface area (Å²) in [6.07, 6.45) is 0. The molecule has 0 heterocycles. The van der Waals surface area contributed by atoms with E-state index in [2.05, 4.69) is 0 Å². The molecule has 1 rings (SSSR count). The predicted octanol–water partition coefficient (Wildman–Crippen LogP) is 1.32. The number of rotatable bonds is 2. The minimum absolute atomic E-state index is 0.0718. The van der Waals surface area contributed by atoms with Crippen molar-refractivity contribution in [3.8, 4) is 5.75 Å². The van der Waals surface area contributed by atoms with Gasteiger partial charge in [0.2, 0.25) is 15.0 Å². The molecule has 0 atom stereocenters. The Morgan fingerprint density at radius 3 is 2.40 bits per heavy atom. The number of carbonyl (C=O) groups excluding carboxylic acids is 1. The summed E-state index contributed by atoms with van der Waals surface area (Å²) in [7, 11) is -2.54. The molecule has 0 bridgehead atoms. The van der Waals surface area contributed by atoms with Gasteiger partial charge in [-0.3, -0.25) is 4.79 Å². The lowest BCUT2D eigenvalue weighted by atomic mass is 10.2. The molecule has 4 nitrogen and oxygen atoms in total. The zero-order valence-corrected chi connectivity index (χ0v) is 9.59. The first-order valence-corrected chi connectivity index (χ1v) is 5.78. The SMILES string of the molecule is COc1ccc(C)cc1S(=O)(=O)C(C)=O. The Hall–Kier alpha value is -1.36. The first-order valence-electron chi connectivity index (χ1n) is 4.30. The van der Waals surface area contributed by atoms with E-state index in [9.17, 15) is 13.2 Å². The van der Waals surface area contributed by atoms with Crippen LogP contribution in [0.2, 0.25) is 0 Å². The number of hydrogen-bond donors (Lipinski definition) is 0. The fraction of sp³-hybridized carbons (Fsp3) is 0.300. The van der Waals surface area contributed by atoms with Gasteiger partial charge in [-0.05, 0) is 24.6 Å². The van der Waals surface area contributed by atoms with E-state index in [1.54, 1.807) is 13.0 Å². The number of sulfone groups is 1. The van der Waals surface area contributed by atoms with Gasteiger partial charge in [-0.2, -0.15) is 0 Å². The summed E-state index contributed by atoms with van der Waals surface area (Å²) in [5, 5.41) is -0.883. The Balaban J connectivity index is 3.49. The van der Waals surface area contributed by atoms with Gasteiger partial charge >= 0.3 is 0 Å². The van der Waals surface area contributed by atoms with Crippen LogP contribution in [0.5, 0.6) is 5.75 Å². The van der Waals surface area contributed by atoms with E-state index in [1.165, 1.54) is 19.2 Å². The molecule has 0 aliphatic heterocycles. The summed E-state index contributed by atoms with van der Waals surface area (Å²) in [6, 6.07) is 4.68. The zero-order valence-electron chi connectivity index (χ0n) is 8.77. The molecule has 0 saturated heterocycles. The largest absolute Gasteiger partial charge is 0.495 e. The van der Waals surface area contributed by atoms with E-state index < -0.39 is 15.0 Å². The molecule has 5 heteroatoms. The van der Waals surface area contributed by atoms with E-state index in [1.807, 2.05) is 0 Å². The van der Waals surface area contributed by atoms with E-state index in [-0.39, 0.29) is 10.6 Å². The van der Waals surface area contributed by atoms with Gasteiger partial charge in [0.25, 0.3) is 0 Å². The molecule has 82 valence electrons. The van der Waals surface area contributed by atoms with Gasteiger partial charge in [0, 0.05) is 6.92 Å². The van der Waals surface area contributed by atoms with Crippen LogP contribution in [0, 0.1) is 6.92 Å². The second-order valence-electron chi connectivity index (χ2n) is 3.15. The van der Waals surface area contributed by atoms with E-state index >= 15 is 0 Å². The molecule has 0 fully saturated rings. The lowest BCUT2D eigenvalue weighted by molar-refractivity contribution is -0.109. The van der Waals surface area contributed by atoms with Crippen LogP contribution in [-0.2, 0) is 14.6 Å². The highest BCUT2D eigenvalue weighted by Gasteiger charge is 2.24. The van der Waals surface area contributed by atoms with Crippen LogP contribution in [0.25, 0.3) is 0 Å². The van der Waals surface area contributed by atoms with E-state index in [4.69, 9.17) is 4.74 Å². The van der Waals surface area contributed by atoms with Crippen molar-refractivity contribution in [1.82, 2.24) is 0 Å². The molecule has 0 radical (unpaired) electrons. The zero-order chi connectivity index (χ0) is 11.6. The number of aryl methyl sites for hydroxylation is 1. The molecule has 0 saturated carbocycles. The number of hydrogen-bond acceptors (Lipinski definition) is 4. The molecule has 0 N–H and O–H groups in total. The minimum Gasteiger partial charge on any atom is -0.495 e. The Morgan fingerprint density at radius 2 is 1.93 bits per heavy atom. The predicted molar refractivity (Wildman–Crippen MR) is 55.6 cm³/mol. The fourth-order valence-electron chi connectivity index (χ4n) is 1.15. The molecular formula is C10H12O4S. The molecule has 1 aromatic carbocycles. The Kier molecular flexibility index (Phi) is 3.14. The van der Waals surface area contributed by atoms with Crippen LogP contribution in [-0.4, -0.2) is 20.6 Å². The minimum atomic E-state index is -3.91. The summed E-state index contributed by atoms with van der Waals surface area (Å²) in [4.78, 5) is 10.9. The highest BCUT2D eigenvalue weighted by atomic mass is 32.2. The quantitative estimate of drug-likeness (QED) is 0.766. The number of methoxy groups -OCH3 is 1. The standard InChI is InChI=1S/C10H12O4S/c1-7-4-5-9(14-3)10(6-7)15(12,13)8(2)11/h4-6H,1-3H3.